The second-order valence-corrected chi connectivity index (χ2v) is 8.97. The van der Waals surface area contributed by atoms with Crippen LogP contribution in [-0.4, -0.2) is 65.0 Å². The lowest BCUT2D eigenvalue weighted by Gasteiger charge is -2.40. The normalized spacial score (nSPS) is 15.6. The van der Waals surface area contributed by atoms with Crippen molar-refractivity contribution < 1.29 is 13.5 Å². The van der Waals surface area contributed by atoms with Crippen LogP contribution in [0.3, 0.4) is 0 Å². The molecule has 0 saturated carbocycles. The van der Waals surface area contributed by atoms with E-state index in [1.54, 1.807) is 49.2 Å². The number of rotatable bonds is 4. The quantitative estimate of drug-likeness (QED) is 0.739. The third-order valence-corrected chi connectivity index (χ3v) is 6.75. The van der Waals surface area contributed by atoms with Gasteiger partial charge in [-0.3, -0.25) is 0 Å². The molecule has 1 saturated heterocycles. The van der Waals surface area contributed by atoms with Crippen molar-refractivity contribution in [2.45, 2.75) is 5.25 Å². The first-order valence-corrected chi connectivity index (χ1v) is 9.66. The predicted molar refractivity (Wildman–Crippen MR) is 99.1 cm³/mol. The molecule has 1 fully saturated rings. The van der Waals surface area contributed by atoms with Crippen LogP contribution in [0.5, 0.6) is 5.75 Å². The van der Waals surface area contributed by atoms with Gasteiger partial charge in [-0.1, -0.05) is 0 Å². The van der Waals surface area contributed by atoms with Crippen molar-refractivity contribution in [1.82, 2.24) is 19.1 Å². The number of aromatic hydroxyl groups is 1. The molecule has 0 amide bonds. The number of anilines is 1. The molecule has 0 atom stereocenters. The number of nitrogens with zero attached hydrogens (tertiary/aromatic N) is 5. The molecule has 3 heterocycles. The zero-order valence-corrected chi connectivity index (χ0v) is 15.3. The van der Waals surface area contributed by atoms with Crippen LogP contribution >= 0.6 is 0 Å². The van der Waals surface area contributed by atoms with Crippen molar-refractivity contribution in [2.24, 2.45) is 0 Å². The van der Waals surface area contributed by atoms with Crippen LogP contribution in [0.1, 0.15) is 0 Å². The van der Waals surface area contributed by atoms with Crippen LogP contribution in [0.15, 0.2) is 42.7 Å². The maximum absolute atomic E-state index is 12.1. The molecule has 1 aliphatic rings. The van der Waals surface area contributed by atoms with Crippen molar-refractivity contribution >= 4 is 26.7 Å². The molecule has 8 nitrogen and oxygen atoms in total. The van der Waals surface area contributed by atoms with E-state index in [9.17, 15) is 13.5 Å². The molecule has 0 aliphatic carbocycles. The molecule has 4 rings (SSSR count). The Bertz CT molecular complexity index is 1050. The SMILES string of the molecule is CN(C)S(=O)(=O)C1CN(c2cc3nn(-c4ccc(O)cc4)cc3cn2)C1. The molecule has 26 heavy (non-hydrogen) atoms. The molecule has 1 aliphatic heterocycles. The molecule has 0 bridgehead atoms. The van der Waals surface area contributed by atoms with Gasteiger partial charge in [0, 0.05) is 51.0 Å². The van der Waals surface area contributed by atoms with E-state index >= 15 is 0 Å². The first kappa shape index (κ1) is 16.8. The van der Waals surface area contributed by atoms with E-state index in [1.807, 2.05) is 17.2 Å². The summed E-state index contributed by atoms with van der Waals surface area (Å²) in [7, 11) is -0.128. The fourth-order valence-electron chi connectivity index (χ4n) is 2.93. The summed E-state index contributed by atoms with van der Waals surface area (Å²) in [6.45, 7) is 0.857. The van der Waals surface area contributed by atoms with Gasteiger partial charge in [-0.2, -0.15) is 5.10 Å². The number of benzene rings is 1. The first-order chi connectivity index (χ1) is 12.3. The molecule has 3 aromatic rings. The van der Waals surface area contributed by atoms with Gasteiger partial charge in [-0.25, -0.2) is 22.4 Å². The van der Waals surface area contributed by atoms with Crippen molar-refractivity contribution in [3.05, 3.63) is 42.7 Å². The molecule has 1 aromatic carbocycles. The highest BCUT2D eigenvalue weighted by Gasteiger charge is 2.39. The summed E-state index contributed by atoms with van der Waals surface area (Å²) in [4.78, 5) is 6.37. The van der Waals surface area contributed by atoms with Gasteiger partial charge in [0.25, 0.3) is 0 Å². The zero-order chi connectivity index (χ0) is 18.5. The summed E-state index contributed by atoms with van der Waals surface area (Å²) in [5.74, 6) is 0.924. The monoisotopic (exact) mass is 373 g/mol. The lowest BCUT2D eigenvalue weighted by atomic mass is 10.2. The van der Waals surface area contributed by atoms with E-state index in [-0.39, 0.29) is 5.75 Å². The van der Waals surface area contributed by atoms with Crippen LogP contribution in [0, 0.1) is 0 Å². The molecule has 136 valence electrons. The Morgan fingerprint density at radius 1 is 1.19 bits per heavy atom. The lowest BCUT2D eigenvalue weighted by molar-refractivity contribution is 0.475. The van der Waals surface area contributed by atoms with Crippen molar-refractivity contribution in [1.29, 1.82) is 0 Å². The standard InChI is InChI=1S/C17H19N5O3S/c1-20(2)26(24,25)15-10-21(11-15)17-7-16-12(8-18-17)9-22(19-16)13-3-5-14(23)6-4-13/h3-9,15,23H,10-11H2,1-2H3. The fourth-order valence-corrected chi connectivity index (χ4v) is 4.26. The van der Waals surface area contributed by atoms with E-state index in [1.165, 1.54) is 4.31 Å². The molecule has 2 aromatic heterocycles. The van der Waals surface area contributed by atoms with E-state index in [0.717, 1.165) is 22.4 Å². The second-order valence-electron chi connectivity index (χ2n) is 6.55. The van der Waals surface area contributed by atoms with Crippen molar-refractivity contribution in [3.63, 3.8) is 0 Å². The number of hydrogen-bond donors (Lipinski definition) is 1. The Morgan fingerprint density at radius 2 is 1.88 bits per heavy atom. The van der Waals surface area contributed by atoms with E-state index in [0.29, 0.717) is 13.1 Å². The Balaban J connectivity index is 1.57. The smallest absolute Gasteiger partial charge is 0.219 e. The van der Waals surface area contributed by atoms with Crippen LogP contribution in [0.2, 0.25) is 0 Å². The largest absolute Gasteiger partial charge is 0.508 e. The summed E-state index contributed by atoms with van der Waals surface area (Å²) < 4.78 is 27.3. The number of hydrogen-bond acceptors (Lipinski definition) is 6. The van der Waals surface area contributed by atoms with Crippen LogP contribution in [-0.2, 0) is 10.0 Å². The first-order valence-electron chi connectivity index (χ1n) is 8.16. The maximum Gasteiger partial charge on any atom is 0.219 e. The fraction of sp³-hybridized carbons (Fsp3) is 0.294. The molecule has 9 heteroatoms. The van der Waals surface area contributed by atoms with Gasteiger partial charge in [-0.15, -0.1) is 0 Å². The van der Waals surface area contributed by atoms with Gasteiger partial charge < -0.3 is 10.0 Å². The summed E-state index contributed by atoms with van der Waals surface area (Å²) in [5.41, 5.74) is 1.61. The molecule has 0 unspecified atom stereocenters. The number of fused-ring (bicyclic) bond motifs is 1. The summed E-state index contributed by atoms with van der Waals surface area (Å²) in [6.07, 6.45) is 3.61. The van der Waals surface area contributed by atoms with Crippen LogP contribution < -0.4 is 4.90 Å². The third-order valence-electron chi connectivity index (χ3n) is 4.59. The predicted octanol–water partition coefficient (Wildman–Crippen LogP) is 1.21. The highest BCUT2D eigenvalue weighted by Crippen LogP contribution is 2.26. The summed E-state index contributed by atoms with van der Waals surface area (Å²) >= 11 is 0. The van der Waals surface area contributed by atoms with Gasteiger partial charge in [0.05, 0.1) is 11.2 Å². The van der Waals surface area contributed by atoms with E-state index < -0.39 is 15.3 Å². The Kier molecular flexibility index (Phi) is 3.85. The molecule has 0 spiro atoms. The van der Waals surface area contributed by atoms with Crippen molar-refractivity contribution in [2.75, 3.05) is 32.1 Å². The molecular weight excluding hydrogens is 354 g/mol. The average Bonchev–Trinajstić information content (AvgIpc) is 2.97. The molecule has 1 N–H and O–H groups in total. The van der Waals surface area contributed by atoms with Crippen LogP contribution in [0.4, 0.5) is 5.82 Å². The van der Waals surface area contributed by atoms with Gasteiger partial charge in [0.15, 0.2) is 0 Å². The summed E-state index contributed by atoms with van der Waals surface area (Å²) in [5, 5.41) is 14.4. The van der Waals surface area contributed by atoms with Gasteiger partial charge in [-0.05, 0) is 24.3 Å². The van der Waals surface area contributed by atoms with Crippen LogP contribution in [0.25, 0.3) is 16.6 Å². The highest BCUT2D eigenvalue weighted by molar-refractivity contribution is 7.89. The minimum Gasteiger partial charge on any atom is -0.508 e. The Morgan fingerprint density at radius 3 is 2.54 bits per heavy atom. The maximum atomic E-state index is 12.1. The number of pyridine rings is 1. The highest BCUT2D eigenvalue weighted by atomic mass is 32.2. The van der Waals surface area contributed by atoms with Gasteiger partial charge in [0.2, 0.25) is 10.0 Å². The molecular formula is C17H19N5O3S. The number of sulfonamides is 1. The summed E-state index contributed by atoms with van der Waals surface area (Å²) in [6, 6.07) is 8.64. The second kappa shape index (κ2) is 5.96. The van der Waals surface area contributed by atoms with Gasteiger partial charge >= 0.3 is 0 Å². The molecule has 0 radical (unpaired) electrons. The number of phenolic OH excluding ortho intramolecular Hbond substituents is 1. The topological polar surface area (TPSA) is 91.6 Å². The van der Waals surface area contributed by atoms with Gasteiger partial charge in [0.1, 0.15) is 16.8 Å². The average molecular weight is 373 g/mol. The zero-order valence-electron chi connectivity index (χ0n) is 14.4. The minimum absolute atomic E-state index is 0.203. The lowest BCUT2D eigenvalue weighted by Crippen LogP contribution is -2.57. The minimum atomic E-state index is -3.24. The number of phenols is 1. The van der Waals surface area contributed by atoms with Crippen molar-refractivity contribution in [3.8, 4) is 11.4 Å². The Labute approximate surface area is 151 Å². The number of aromatic nitrogens is 3. The Hall–Kier alpha value is -2.65. The third kappa shape index (κ3) is 2.78. The van der Waals surface area contributed by atoms with E-state index in [4.69, 9.17) is 0 Å². The van der Waals surface area contributed by atoms with E-state index in [2.05, 4.69) is 10.1 Å².